The zero-order chi connectivity index (χ0) is 27.4. The first kappa shape index (κ1) is 26.3. The van der Waals surface area contributed by atoms with Gasteiger partial charge in [-0.2, -0.15) is 18.3 Å². The Hall–Kier alpha value is -4.27. The summed E-state index contributed by atoms with van der Waals surface area (Å²) >= 11 is 0. The van der Waals surface area contributed by atoms with E-state index < -0.39 is 24.2 Å². The van der Waals surface area contributed by atoms with E-state index in [9.17, 15) is 18.0 Å². The Morgan fingerprint density at radius 3 is 2.36 bits per heavy atom. The van der Waals surface area contributed by atoms with Crippen molar-refractivity contribution < 1.29 is 22.7 Å². The summed E-state index contributed by atoms with van der Waals surface area (Å²) in [5.41, 5.74) is 3.78. The van der Waals surface area contributed by atoms with E-state index >= 15 is 0 Å². The molecule has 2 atom stereocenters. The molecule has 1 aliphatic heterocycles. The normalized spacial score (nSPS) is 16.7. The van der Waals surface area contributed by atoms with Gasteiger partial charge in [0, 0.05) is 13.0 Å². The van der Waals surface area contributed by atoms with E-state index in [2.05, 4.69) is 15.7 Å². The molecule has 2 heterocycles. The third kappa shape index (κ3) is 6.08. The van der Waals surface area contributed by atoms with Crippen LogP contribution in [0.3, 0.4) is 0 Å². The number of rotatable bonds is 8. The molecule has 0 bridgehead atoms. The van der Waals surface area contributed by atoms with Crippen LogP contribution in [0.2, 0.25) is 0 Å². The molecule has 5 rings (SSSR count). The summed E-state index contributed by atoms with van der Waals surface area (Å²) in [4.78, 5) is 13.1. The fraction of sp³-hybridized carbons (Fsp3) is 0.267. The third-order valence-corrected chi connectivity index (χ3v) is 6.90. The number of hydrogen-bond donors (Lipinski definition) is 2. The van der Waals surface area contributed by atoms with Gasteiger partial charge in [0.2, 0.25) is 0 Å². The van der Waals surface area contributed by atoms with Gasteiger partial charge in [0.1, 0.15) is 23.7 Å². The topological polar surface area (TPSA) is 68.2 Å². The van der Waals surface area contributed by atoms with Crippen molar-refractivity contribution in [3.8, 4) is 5.75 Å². The molecule has 2 unspecified atom stereocenters. The molecule has 0 spiro atoms. The number of amides is 1. The Kier molecular flexibility index (Phi) is 7.58. The van der Waals surface area contributed by atoms with Crippen molar-refractivity contribution in [3.05, 3.63) is 113 Å². The maximum atomic E-state index is 14.0. The Labute approximate surface area is 224 Å². The Balaban J connectivity index is 1.27. The number of alkyl halides is 3. The molecule has 0 saturated heterocycles. The SMILES string of the molecule is CCc1ccc(C2CC(C(F)(F)F)n3ncc(C(=O)NCc4ccc(OCc5ccccc5)cc4)c3N2)cc1. The summed E-state index contributed by atoms with van der Waals surface area (Å²) in [6.45, 7) is 2.66. The second-order valence-electron chi connectivity index (χ2n) is 9.54. The quantitative estimate of drug-likeness (QED) is 0.267. The van der Waals surface area contributed by atoms with Gasteiger partial charge < -0.3 is 15.4 Å². The second-order valence-corrected chi connectivity index (χ2v) is 9.54. The molecule has 0 saturated carbocycles. The van der Waals surface area contributed by atoms with Gasteiger partial charge in [0.05, 0.1) is 12.2 Å². The van der Waals surface area contributed by atoms with Crippen LogP contribution in [-0.2, 0) is 19.6 Å². The van der Waals surface area contributed by atoms with Crippen LogP contribution in [0.4, 0.5) is 19.0 Å². The minimum atomic E-state index is -4.51. The van der Waals surface area contributed by atoms with Crippen LogP contribution in [0.5, 0.6) is 5.75 Å². The van der Waals surface area contributed by atoms with Gasteiger partial charge in [-0.15, -0.1) is 0 Å². The van der Waals surface area contributed by atoms with Crippen LogP contribution in [0.25, 0.3) is 0 Å². The first-order chi connectivity index (χ1) is 18.8. The number of fused-ring (bicyclic) bond motifs is 1. The number of anilines is 1. The monoisotopic (exact) mass is 534 g/mol. The predicted molar refractivity (Wildman–Crippen MR) is 143 cm³/mol. The van der Waals surface area contributed by atoms with Crippen molar-refractivity contribution in [2.45, 2.75) is 51.2 Å². The van der Waals surface area contributed by atoms with Crippen molar-refractivity contribution in [2.75, 3.05) is 5.32 Å². The largest absolute Gasteiger partial charge is 0.489 e. The fourth-order valence-corrected chi connectivity index (χ4v) is 4.66. The molecule has 0 aliphatic carbocycles. The van der Waals surface area contributed by atoms with E-state index in [1.54, 1.807) is 0 Å². The van der Waals surface area contributed by atoms with Gasteiger partial charge in [-0.3, -0.25) is 4.79 Å². The zero-order valence-electron chi connectivity index (χ0n) is 21.4. The summed E-state index contributed by atoms with van der Waals surface area (Å²) in [5, 5.41) is 9.89. The lowest BCUT2D eigenvalue weighted by Crippen LogP contribution is -2.36. The van der Waals surface area contributed by atoms with Crippen LogP contribution in [-0.4, -0.2) is 21.9 Å². The highest BCUT2D eigenvalue weighted by molar-refractivity contribution is 5.98. The molecule has 1 amide bonds. The highest BCUT2D eigenvalue weighted by Gasteiger charge is 2.47. The van der Waals surface area contributed by atoms with E-state index in [1.807, 2.05) is 85.8 Å². The standard InChI is InChI=1S/C30H29F3N4O2/c1-2-20-8-12-23(13-9-20)26-16-27(30(31,32)33)37-28(36-26)25(18-35-37)29(38)34-17-21-10-14-24(15-11-21)39-19-22-6-4-3-5-7-22/h3-15,18,26-27,36H,2,16-17,19H2,1H3,(H,34,38). The number of carbonyl (C=O) groups is 1. The van der Waals surface area contributed by atoms with Gasteiger partial charge in [0.15, 0.2) is 6.04 Å². The van der Waals surface area contributed by atoms with Crippen LogP contribution in [0.15, 0.2) is 85.1 Å². The average Bonchev–Trinajstić information content (AvgIpc) is 3.39. The summed E-state index contributed by atoms with van der Waals surface area (Å²) in [6.07, 6.45) is -2.70. The van der Waals surface area contributed by atoms with Crippen LogP contribution >= 0.6 is 0 Å². The van der Waals surface area contributed by atoms with E-state index in [-0.39, 0.29) is 24.3 Å². The molecule has 39 heavy (non-hydrogen) atoms. The van der Waals surface area contributed by atoms with Crippen LogP contribution < -0.4 is 15.4 Å². The number of aromatic nitrogens is 2. The van der Waals surface area contributed by atoms with Crippen LogP contribution in [0.1, 0.15) is 58.0 Å². The minimum absolute atomic E-state index is 0.0651. The molecular weight excluding hydrogens is 505 g/mol. The Morgan fingerprint density at radius 2 is 1.69 bits per heavy atom. The van der Waals surface area contributed by atoms with Crippen molar-refractivity contribution in [1.82, 2.24) is 15.1 Å². The van der Waals surface area contributed by atoms with E-state index in [0.29, 0.717) is 12.4 Å². The van der Waals surface area contributed by atoms with Gasteiger partial charge in [-0.05, 0) is 40.8 Å². The number of nitrogens with zero attached hydrogens (tertiary/aromatic N) is 2. The van der Waals surface area contributed by atoms with E-state index in [0.717, 1.165) is 33.4 Å². The number of hydrogen-bond acceptors (Lipinski definition) is 4. The summed E-state index contributed by atoms with van der Waals surface area (Å²) in [6, 6.07) is 22.2. The van der Waals surface area contributed by atoms with Crippen molar-refractivity contribution in [1.29, 1.82) is 0 Å². The number of halogens is 3. The highest BCUT2D eigenvalue weighted by atomic mass is 19.4. The first-order valence-electron chi connectivity index (χ1n) is 12.8. The Morgan fingerprint density at radius 1 is 1.00 bits per heavy atom. The van der Waals surface area contributed by atoms with Gasteiger partial charge in [0.25, 0.3) is 5.91 Å². The maximum Gasteiger partial charge on any atom is 0.410 e. The minimum Gasteiger partial charge on any atom is -0.489 e. The number of benzene rings is 3. The molecule has 1 aromatic heterocycles. The molecule has 6 nitrogen and oxygen atoms in total. The molecule has 1 aliphatic rings. The molecule has 9 heteroatoms. The smallest absolute Gasteiger partial charge is 0.410 e. The average molecular weight is 535 g/mol. The molecule has 2 N–H and O–H groups in total. The summed E-state index contributed by atoms with van der Waals surface area (Å²) in [5.74, 6) is 0.256. The van der Waals surface area contributed by atoms with Gasteiger partial charge in [-0.25, -0.2) is 4.68 Å². The van der Waals surface area contributed by atoms with Gasteiger partial charge in [-0.1, -0.05) is 73.7 Å². The molecule has 0 fully saturated rings. The lowest BCUT2D eigenvalue weighted by molar-refractivity contribution is -0.173. The lowest BCUT2D eigenvalue weighted by atomic mass is 9.95. The molecule has 202 valence electrons. The lowest BCUT2D eigenvalue weighted by Gasteiger charge is -2.34. The van der Waals surface area contributed by atoms with Crippen molar-refractivity contribution in [2.24, 2.45) is 0 Å². The van der Waals surface area contributed by atoms with Crippen molar-refractivity contribution >= 4 is 11.7 Å². The fourth-order valence-electron chi connectivity index (χ4n) is 4.66. The molecule has 0 radical (unpaired) electrons. The summed E-state index contributed by atoms with van der Waals surface area (Å²) in [7, 11) is 0. The number of nitrogens with one attached hydrogen (secondary N) is 2. The number of carbonyl (C=O) groups excluding carboxylic acids is 1. The van der Waals surface area contributed by atoms with E-state index in [1.165, 1.54) is 6.20 Å². The highest BCUT2D eigenvalue weighted by Crippen LogP contribution is 2.44. The molecular formula is C30H29F3N4O2. The van der Waals surface area contributed by atoms with E-state index in [4.69, 9.17) is 4.74 Å². The second kappa shape index (κ2) is 11.2. The Bertz CT molecular complexity index is 1400. The predicted octanol–water partition coefficient (Wildman–Crippen LogP) is 6.61. The third-order valence-electron chi connectivity index (χ3n) is 6.90. The number of ether oxygens (including phenoxy) is 1. The molecule has 3 aromatic carbocycles. The van der Waals surface area contributed by atoms with Crippen LogP contribution in [0, 0.1) is 0 Å². The molecule has 4 aromatic rings. The maximum absolute atomic E-state index is 14.0. The van der Waals surface area contributed by atoms with Crippen molar-refractivity contribution in [3.63, 3.8) is 0 Å². The summed E-state index contributed by atoms with van der Waals surface area (Å²) < 4.78 is 48.6. The first-order valence-corrected chi connectivity index (χ1v) is 12.8. The van der Waals surface area contributed by atoms with Gasteiger partial charge >= 0.3 is 6.18 Å². The number of aryl methyl sites for hydroxylation is 1. The zero-order valence-corrected chi connectivity index (χ0v) is 21.4.